The fourth-order valence-corrected chi connectivity index (χ4v) is 2.71. The maximum atomic E-state index is 10.7. The van der Waals surface area contributed by atoms with E-state index in [1.54, 1.807) is 13.2 Å². The number of anilines is 1. The van der Waals surface area contributed by atoms with Gasteiger partial charge in [0.25, 0.3) is 5.69 Å². The number of non-ortho nitro benzene ring substituents is 1. The second kappa shape index (κ2) is 6.21. The largest absolute Gasteiger partial charge is 0.379 e. The third-order valence-corrected chi connectivity index (χ3v) is 3.82. The molecule has 0 saturated heterocycles. The van der Waals surface area contributed by atoms with Crippen LogP contribution in [-0.2, 0) is 4.74 Å². The molecule has 1 aromatic rings. The number of hydrogen-bond acceptors (Lipinski definition) is 4. The maximum absolute atomic E-state index is 10.7. The number of methoxy groups -OCH3 is 1. The number of halogens is 1. The van der Waals surface area contributed by atoms with Crippen LogP contribution in [-0.4, -0.2) is 24.2 Å². The number of nitro benzene ring substituents is 1. The number of rotatable bonds is 4. The lowest BCUT2D eigenvalue weighted by atomic mass is 9.92. The highest BCUT2D eigenvalue weighted by molar-refractivity contribution is 6.33. The van der Waals surface area contributed by atoms with Crippen molar-refractivity contribution in [3.8, 4) is 0 Å². The summed E-state index contributed by atoms with van der Waals surface area (Å²) in [7, 11) is 1.71. The number of nitrogens with zero attached hydrogens (tertiary/aromatic N) is 1. The summed E-state index contributed by atoms with van der Waals surface area (Å²) in [6, 6.07) is 4.69. The lowest BCUT2D eigenvalue weighted by Crippen LogP contribution is -2.37. The van der Waals surface area contributed by atoms with Crippen molar-refractivity contribution in [3.63, 3.8) is 0 Å². The molecule has 19 heavy (non-hydrogen) atoms. The van der Waals surface area contributed by atoms with E-state index >= 15 is 0 Å². The Bertz CT molecular complexity index is 467. The molecule has 2 rings (SSSR count). The Kier molecular flexibility index (Phi) is 4.61. The Balaban J connectivity index is 2.11. The summed E-state index contributed by atoms with van der Waals surface area (Å²) in [5, 5.41) is 14.4. The second-order valence-electron chi connectivity index (χ2n) is 4.73. The predicted molar refractivity (Wildman–Crippen MR) is 74.8 cm³/mol. The Morgan fingerprint density at radius 2 is 2.16 bits per heavy atom. The number of nitro groups is 1. The molecule has 0 aliphatic heterocycles. The molecule has 0 aromatic heterocycles. The van der Waals surface area contributed by atoms with E-state index in [2.05, 4.69) is 5.32 Å². The summed E-state index contributed by atoms with van der Waals surface area (Å²) in [6.45, 7) is 0. The van der Waals surface area contributed by atoms with Gasteiger partial charge < -0.3 is 10.1 Å². The number of hydrogen-bond donors (Lipinski definition) is 1. The number of ether oxygens (including phenoxy) is 1. The van der Waals surface area contributed by atoms with Crippen molar-refractivity contribution in [2.24, 2.45) is 0 Å². The molecule has 1 aliphatic carbocycles. The second-order valence-corrected chi connectivity index (χ2v) is 5.14. The quantitative estimate of drug-likeness (QED) is 0.677. The zero-order chi connectivity index (χ0) is 13.8. The molecule has 1 aromatic carbocycles. The molecule has 6 heteroatoms. The first-order valence-electron chi connectivity index (χ1n) is 6.35. The minimum absolute atomic E-state index is 0.00230. The van der Waals surface area contributed by atoms with Crippen LogP contribution in [0.2, 0.25) is 5.02 Å². The van der Waals surface area contributed by atoms with Crippen molar-refractivity contribution in [1.82, 2.24) is 0 Å². The Morgan fingerprint density at radius 1 is 1.42 bits per heavy atom. The Morgan fingerprint density at radius 3 is 2.79 bits per heavy atom. The lowest BCUT2D eigenvalue weighted by Gasteiger charge is -2.32. The highest BCUT2D eigenvalue weighted by Gasteiger charge is 2.25. The van der Waals surface area contributed by atoms with Crippen molar-refractivity contribution in [1.29, 1.82) is 0 Å². The SMILES string of the molecule is COC1CCCCC1Nc1ccc([N+](=O)[O-])cc1Cl. The summed E-state index contributed by atoms with van der Waals surface area (Å²) in [5.74, 6) is 0. The molecule has 1 aliphatic rings. The van der Waals surface area contributed by atoms with Gasteiger partial charge in [-0.25, -0.2) is 0 Å². The van der Waals surface area contributed by atoms with Crippen molar-refractivity contribution in [2.75, 3.05) is 12.4 Å². The van der Waals surface area contributed by atoms with Crippen LogP contribution in [0.5, 0.6) is 0 Å². The standard InChI is InChI=1S/C13H17ClN2O3/c1-19-13-5-3-2-4-12(13)15-11-7-6-9(16(17)18)8-10(11)14/h6-8,12-13,15H,2-5H2,1H3. The summed E-state index contributed by atoms with van der Waals surface area (Å²) in [5.41, 5.74) is 0.726. The molecule has 1 saturated carbocycles. The van der Waals surface area contributed by atoms with Gasteiger partial charge in [0.05, 0.1) is 27.8 Å². The highest BCUT2D eigenvalue weighted by atomic mass is 35.5. The summed E-state index contributed by atoms with van der Waals surface area (Å²) in [4.78, 5) is 10.2. The van der Waals surface area contributed by atoms with Gasteiger partial charge in [-0.2, -0.15) is 0 Å². The van der Waals surface area contributed by atoms with Gasteiger partial charge in [0.15, 0.2) is 0 Å². The van der Waals surface area contributed by atoms with Gasteiger partial charge in [0.2, 0.25) is 0 Å². The molecular formula is C13H17ClN2O3. The smallest absolute Gasteiger partial charge is 0.271 e. The Hall–Kier alpha value is -1.33. The van der Waals surface area contributed by atoms with Gasteiger partial charge in [-0.3, -0.25) is 10.1 Å². The van der Waals surface area contributed by atoms with E-state index < -0.39 is 4.92 Å². The lowest BCUT2D eigenvalue weighted by molar-refractivity contribution is -0.384. The average Bonchev–Trinajstić information content (AvgIpc) is 2.41. The summed E-state index contributed by atoms with van der Waals surface area (Å²) in [6.07, 6.45) is 4.54. The van der Waals surface area contributed by atoms with E-state index in [1.165, 1.54) is 18.6 Å². The van der Waals surface area contributed by atoms with Crippen LogP contribution in [0.15, 0.2) is 18.2 Å². The first kappa shape index (κ1) is 14.1. The summed E-state index contributed by atoms with van der Waals surface area (Å²) >= 11 is 6.08. The highest BCUT2D eigenvalue weighted by Crippen LogP contribution is 2.30. The molecule has 0 heterocycles. The Labute approximate surface area is 117 Å². The van der Waals surface area contributed by atoms with Gasteiger partial charge in [-0.1, -0.05) is 24.4 Å². The van der Waals surface area contributed by atoms with E-state index in [1.807, 2.05) is 0 Å². The third kappa shape index (κ3) is 3.36. The van der Waals surface area contributed by atoms with Crippen molar-refractivity contribution in [2.45, 2.75) is 37.8 Å². The van der Waals surface area contributed by atoms with Crippen LogP contribution < -0.4 is 5.32 Å². The van der Waals surface area contributed by atoms with Gasteiger partial charge in [0, 0.05) is 19.2 Å². The van der Waals surface area contributed by atoms with Gasteiger partial charge >= 0.3 is 0 Å². The average molecular weight is 285 g/mol. The molecular weight excluding hydrogens is 268 g/mol. The zero-order valence-electron chi connectivity index (χ0n) is 10.8. The van der Waals surface area contributed by atoms with E-state index in [4.69, 9.17) is 16.3 Å². The fourth-order valence-electron chi connectivity index (χ4n) is 2.48. The molecule has 0 bridgehead atoms. The van der Waals surface area contributed by atoms with Crippen molar-refractivity contribution < 1.29 is 9.66 Å². The summed E-state index contributed by atoms with van der Waals surface area (Å²) < 4.78 is 5.46. The van der Waals surface area contributed by atoms with Crippen LogP contribution >= 0.6 is 11.6 Å². The van der Waals surface area contributed by atoms with Crippen LogP contribution in [0, 0.1) is 10.1 Å². The van der Waals surface area contributed by atoms with E-state index in [9.17, 15) is 10.1 Å². The first-order valence-corrected chi connectivity index (χ1v) is 6.73. The van der Waals surface area contributed by atoms with Gasteiger partial charge in [-0.05, 0) is 18.9 Å². The molecule has 0 spiro atoms. The molecule has 2 unspecified atom stereocenters. The van der Waals surface area contributed by atoms with Crippen LogP contribution in [0.25, 0.3) is 0 Å². The minimum atomic E-state index is -0.450. The minimum Gasteiger partial charge on any atom is -0.379 e. The monoisotopic (exact) mass is 284 g/mol. The normalized spacial score (nSPS) is 23.1. The number of nitrogens with one attached hydrogen (secondary N) is 1. The zero-order valence-corrected chi connectivity index (χ0v) is 11.5. The van der Waals surface area contributed by atoms with Gasteiger partial charge in [0.1, 0.15) is 0 Å². The fraction of sp³-hybridized carbons (Fsp3) is 0.538. The molecule has 2 atom stereocenters. The van der Waals surface area contributed by atoms with E-state index in [-0.39, 0.29) is 17.8 Å². The predicted octanol–water partition coefficient (Wildman–Crippen LogP) is 3.62. The van der Waals surface area contributed by atoms with E-state index in [0.29, 0.717) is 5.02 Å². The van der Waals surface area contributed by atoms with Crippen LogP contribution in [0.1, 0.15) is 25.7 Å². The molecule has 1 fully saturated rings. The number of benzene rings is 1. The molecule has 0 radical (unpaired) electrons. The molecule has 104 valence electrons. The van der Waals surface area contributed by atoms with Crippen molar-refractivity contribution in [3.05, 3.63) is 33.3 Å². The van der Waals surface area contributed by atoms with Crippen LogP contribution in [0.3, 0.4) is 0 Å². The molecule has 1 N–H and O–H groups in total. The first-order chi connectivity index (χ1) is 9.11. The molecule has 0 amide bonds. The topological polar surface area (TPSA) is 64.4 Å². The third-order valence-electron chi connectivity index (χ3n) is 3.51. The van der Waals surface area contributed by atoms with Crippen molar-refractivity contribution >= 4 is 23.0 Å². The van der Waals surface area contributed by atoms with E-state index in [0.717, 1.165) is 24.9 Å². The van der Waals surface area contributed by atoms with Crippen LogP contribution in [0.4, 0.5) is 11.4 Å². The maximum Gasteiger partial charge on any atom is 0.271 e. The molecule has 5 nitrogen and oxygen atoms in total. The van der Waals surface area contributed by atoms with Gasteiger partial charge in [-0.15, -0.1) is 0 Å².